The second-order valence-corrected chi connectivity index (χ2v) is 11.4. The first-order chi connectivity index (χ1) is 18.3. The van der Waals surface area contributed by atoms with Gasteiger partial charge in [-0.05, 0) is 74.5 Å². The van der Waals surface area contributed by atoms with Crippen molar-refractivity contribution in [1.29, 1.82) is 5.26 Å². The van der Waals surface area contributed by atoms with Crippen LogP contribution in [0.4, 0.5) is 15.8 Å². The Labute approximate surface area is 225 Å². The molecule has 2 aliphatic rings. The van der Waals surface area contributed by atoms with Crippen LogP contribution in [0.2, 0.25) is 5.02 Å². The molecule has 0 aliphatic carbocycles. The van der Waals surface area contributed by atoms with E-state index in [-0.39, 0.29) is 39.0 Å². The van der Waals surface area contributed by atoms with E-state index >= 15 is 0 Å². The van der Waals surface area contributed by atoms with Gasteiger partial charge in [0.05, 0.1) is 39.3 Å². The zero-order chi connectivity index (χ0) is 26.9. The lowest BCUT2D eigenvalue weighted by Crippen LogP contribution is -2.48. The number of amides is 1. The van der Waals surface area contributed by atoms with Crippen LogP contribution in [0.25, 0.3) is 0 Å². The van der Waals surface area contributed by atoms with Crippen molar-refractivity contribution in [3.63, 3.8) is 0 Å². The van der Waals surface area contributed by atoms with Gasteiger partial charge in [-0.3, -0.25) is 14.0 Å². The molecule has 11 heteroatoms. The van der Waals surface area contributed by atoms with E-state index in [1.807, 2.05) is 6.07 Å². The second-order valence-electron chi connectivity index (χ2n) is 9.16. The zero-order valence-corrected chi connectivity index (χ0v) is 21.8. The molecule has 0 aromatic heterocycles. The number of benzene rings is 3. The second kappa shape index (κ2) is 10.6. The number of carbonyl (C=O) groups excluding carboxylic acids is 1. The normalized spacial score (nSPS) is 17.4. The SMILES string of the molecule is N#Cc1cccc(S(=O)(=O)N2C[C@H](CN3CCCC3)Oc3ccc(NC(=O)c4c(F)cccc4Cl)cc32)c1. The number of nitriles is 1. The summed E-state index contributed by atoms with van der Waals surface area (Å²) in [6.07, 6.45) is 1.75. The minimum absolute atomic E-state index is 0.0306. The molecule has 1 fully saturated rings. The van der Waals surface area contributed by atoms with Crippen molar-refractivity contribution >= 4 is 38.9 Å². The number of fused-ring (bicyclic) bond motifs is 1. The highest BCUT2D eigenvalue weighted by Gasteiger charge is 2.36. The van der Waals surface area contributed by atoms with E-state index in [1.54, 1.807) is 12.1 Å². The van der Waals surface area contributed by atoms with Crippen molar-refractivity contribution in [1.82, 2.24) is 4.90 Å². The van der Waals surface area contributed by atoms with Gasteiger partial charge in [0, 0.05) is 12.2 Å². The smallest absolute Gasteiger partial charge is 0.264 e. The van der Waals surface area contributed by atoms with Crippen molar-refractivity contribution in [3.05, 3.63) is 82.6 Å². The van der Waals surface area contributed by atoms with Gasteiger partial charge in [0.15, 0.2) is 0 Å². The Morgan fingerprint density at radius 2 is 1.89 bits per heavy atom. The fourth-order valence-corrected chi connectivity index (χ4v) is 6.52. The van der Waals surface area contributed by atoms with Crippen LogP contribution in [0.1, 0.15) is 28.8 Å². The lowest BCUT2D eigenvalue weighted by Gasteiger charge is -2.37. The Bertz CT molecular complexity index is 1520. The van der Waals surface area contributed by atoms with Crippen molar-refractivity contribution in [2.45, 2.75) is 23.8 Å². The average molecular weight is 555 g/mol. The Morgan fingerprint density at radius 1 is 1.13 bits per heavy atom. The van der Waals surface area contributed by atoms with Gasteiger partial charge < -0.3 is 10.1 Å². The third-order valence-electron chi connectivity index (χ3n) is 6.55. The first kappa shape index (κ1) is 26.0. The molecule has 0 saturated carbocycles. The Balaban J connectivity index is 1.51. The van der Waals surface area contributed by atoms with E-state index in [4.69, 9.17) is 16.3 Å². The van der Waals surface area contributed by atoms with E-state index in [1.165, 1.54) is 46.8 Å². The fraction of sp³-hybridized carbons (Fsp3) is 0.259. The van der Waals surface area contributed by atoms with Crippen LogP contribution in [0.15, 0.2) is 65.6 Å². The number of carbonyl (C=O) groups is 1. The van der Waals surface area contributed by atoms with Gasteiger partial charge >= 0.3 is 0 Å². The maximum atomic E-state index is 14.3. The highest BCUT2D eigenvalue weighted by atomic mass is 35.5. The van der Waals surface area contributed by atoms with Crippen LogP contribution in [0, 0.1) is 17.1 Å². The van der Waals surface area contributed by atoms with Crippen molar-refractivity contribution in [3.8, 4) is 11.8 Å². The molecule has 2 heterocycles. The Hall–Kier alpha value is -3.65. The lowest BCUT2D eigenvalue weighted by atomic mass is 10.1. The van der Waals surface area contributed by atoms with Crippen molar-refractivity contribution in [2.24, 2.45) is 0 Å². The third-order valence-corrected chi connectivity index (χ3v) is 8.64. The lowest BCUT2D eigenvalue weighted by molar-refractivity contribution is 0.102. The van der Waals surface area contributed by atoms with E-state index in [2.05, 4.69) is 10.2 Å². The summed E-state index contributed by atoms with van der Waals surface area (Å²) in [5.41, 5.74) is 0.366. The molecule has 0 spiro atoms. The molecule has 0 unspecified atom stereocenters. The van der Waals surface area contributed by atoms with Gasteiger partial charge in [-0.2, -0.15) is 5.26 Å². The summed E-state index contributed by atoms with van der Waals surface area (Å²) >= 11 is 6.03. The predicted molar refractivity (Wildman–Crippen MR) is 142 cm³/mol. The number of nitrogens with one attached hydrogen (secondary N) is 1. The molecule has 196 valence electrons. The summed E-state index contributed by atoms with van der Waals surface area (Å²) in [4.78, 5) is 15.0. The number of likely N-dealkylation sites (tertiary alicyclic amines) is 1. The molecule has 8 nitrogen and oxygen atoms in total. The number of anilines is 2. The number of hydrogen-bond donors (Lipinski definition) is 1. The first-order valence-corrected chi connectivity index (χ1v) is 13.9. The molecule has 1 N–H and O–H groups in total. The summed E-state index contributed by atoms with van der Waals surface area (Å²) in [5, 5.41) is 11.8. The van der Waals surface area contributed by atoms with Gasteiger partial charge in [-0.25, -0.2) is 12.8 Å². The topological polar surface area (TPSA) is 103 Å². The summed E-state index contributed by atoms with van der Waals surface area (Å²) in [7, 11) is -4.10. The number of halogens is 2. The van der Waals surface area contributed by atoms with E-state index in [0.29, 0.717) is 12.3 Å². The van der Waals surface area contributed by atoms with Crippen LogP contribution < -0.4 is 14.4 Å². The third kappa shape index (κ3) is 5.18. The Morgan fingerprint density at radius 3 is 2.63 bits per heavy atom. The minimum Gasteiger partial charge on any atom is -0.485 e. The van der Waals surface area contributed by atoms with Crippen LogP contribution >= 0.6 is 11.6 Å². The van der Waals surface area contributed by atoms with E-state index in [9.17, 15) is 22.9 Å². The van der Waals surface area contributed by atoms with Gasteiger partial charge in [0.1, 0.15) is 17.7 Å². The van der Waals surface area contributed by atoms with Gasteiger partial charge in [0.25, 0.3) is 15.9 Å². The minimum atomic E-state index is -4.10. The average Bonchev–Trinajstić information content (AvgIpc) is 3.41. The highest BCUT2D eigenvalue weighted by Crippen LogP contribution is 2.39. The van der Waals surface area contributed by atoms with Crippen LogP contribution in [-0.2, 0) is 10.0 Å². The first-order valence-electron chi connectivity index (χ1n) is 12.1. The molecule has 38 heavy (non-hydrogen) atoms. The molecule has 0 radical (unpaired) electrons. The van der Waals surface area contributed by atoms with Crippen LogP contribution in [0.3, 0.4) is 0 Å². The molecular weight excluding hydrogens is 531 g/mol. The highest BCUT2D eigenvalue weighted by molar-refractivity contribution is 7.92. The fourth-order valence-electron chi connectivity index (χ4n) is 4.73. The molecular formula is C27H24ClFN4O4S. The number of nitrogens with zero attached hydrogens (tertiary/aromatic N) is 3. The van der Waals surface area contributed by atoms with Gasteiger partial charge in [-0.1, -0.05) is 23.7 Å². The standard InChI is InChI=1S/C27H24ClFN4O4S/c28-22-7-4-8-23(29)26(22)27(34)31-19-9-10-25-24(14-19)33(17-20(37-25)16-32-11-1-2-12-32)38(35,36)21-6-3-5-18(13-21)15-30/h3-10,13-14,20H,1-2,11-12,16-17H2,(H,31,34)/t20-/m0/s1. The van der Waals surface area contributed by atoms with Crippen molar-refractivity contribution in [2.75, 3.05) is 35.8 Å². The molecule has 0 bridgehead atoms. The summed E-state index contributed by atoms with van der Waals surface area (Å²) in [6.45, 7) is 2.45. The molecule has 3 aromatic carbocycles. The quantitative estimate of drug-likeness (QED) is 0.475. The number of rotatable bonds is 6. The van der Waals surface area contributed by atoms with E-state index in [0.717, 1.165) is 32.0 Å². The molecule has 3 aromatic rings. The molecule has 2 aliphatic heterocycles. The maximum absolute atomic E-state index is 14.3. The van der Waals surface area contributed by atoms with E-state index < -0.39 is 27.9 Å². The molecule has 5 rings (SSSR count). The summed E-state index contributed by atoms with van der Waals surface area (Å²) < 4.78 is 49.4. The summed E-state index contributed by atoms with van der Waals surface area (Å²) in [5.74, 6) is -1.21. The maximum Gasteiger partial charge on any atom is 0.264 e. The van der Waals surface area contributed by atoms with Crippen LogP contribution in [-0.4, -0.2) is 51.5 Å². The predicted octanol–water partition coefficient (Wildman–Crippen LogP) is 4.66. The molecule has 1 saturated heterocycles. The number of sulfonamides is 1. The van der Waals surface area contributed by atoms with Crippen molar-refractivity contribution < 1.29 is 22.3 Å². The molecule has 1 atom stereocenters. The molecule has 1 amide bonds. The van der Waals surface area contributed by atoms with Gasteiger partial charge in [-0.15, -0.1) is 0 Å². The largest absolute Gasteiger partial charge is 0.485 e. The number of ether oxygens (including phenoxy) is 1. The Kier molecular flexibility index (Phi) is 7.25. The van der Waals surface area contributed by atoms with Gasteiger partial charge in [0.2, 0.25) is 0 Å². The summed E-state index contributed by atoms with van der Waals surface area (Å²) in [6, 6.07) is 16.3. The number of hydrogen-bond acceptors (Lipinski definition) is 6. The van der Waals surface area contributed by atoms with Crippen LogP contribution in [0.5, 0.6) is 5.75 Å². The monoisotopic (exact) mass is 554 g/mol. The zero-order valence-electron chi connectivity index (χ0n) is 20.2.